The molecule has 0 aromatic carbocycles. The number of hydrogen-bond acceptors (Lipinski definition) is 3. The first-order valence-corrected chi connectivity index (χ1v) is 7.96. The molecule has 0 radical (unpaired) electrons. The molecule has 3 heteroatoms. The van der Waals surface area contributed by atoms with Gasteiger partial charge in [0.1, 0.15) is 6.29 Å². The minimum atomic E-state index is 0.0150. The molecule has 0 rings (SSSR count). The molecule has 0 aliphatic heterocycles. The number of methoxy groups -OCH3 is 1. The van der Waals surface area contributed by atoms with Crippen molar-refractivity contribution in [3.63, 3.8) is 0 Å². The summed E-state index contributed by atoms with van der Waals surface area (Å²) in [5, 5.41) is 0.446. The molecule has 0 heterocycles. The van der Waals surface area contributed by atoms with Crippen LogP contribution >= 0.6 is 11.8 Å². The lowest BCUT2D eigenvalue weighted by Gasteiger charge is -2.33. The molecule has 2 atom stereocenters. The van der Waals surface area contributed by atoms with Crippen molar-refractivity contribution in [1.29, 1.82) is 0 Å². The Balaban J connectivity index is 4.65. The lowest BCUT2D eigenvalue weighted by molar-refractivity contribution is -0.108. The molecule has 2 nitrogen and oxygen atoms in total. The highest BCUT2D eigenvalue weighted by molar-refractivity contribution is 8.01. The zero-order chi connectivity index (χ0) is 14.9. The minimum absolute atomic E-state index is 0.0150. The van der Waals surface area contributed by atoms with Crippen LogP contribution in [-0.2, 0) is 9.53 Å². The van der Waals surface area contributed by atoms with Crippen molar-refractivity contribution in [2.75, 3.05) is 13.7 Å². The predicted molar refractivity (Wildman–Crippen MR) is 85.8 cm³/mol. The molecule has 0 aromatic heterocycles. The Morgan fingerprint density at radius 1 is 1.37 bits per heavy atom. The monoisotopic (exact) mass is 286 g/mol. The van der Waals surface area contributed by atoms with Gasteiger partial charge in [-0.1, -0.05) is 25.5 Å². The lowest BCUT2D eigenvalue weighted by Crippen LogP contribution is -2.29. The van der Waals surface area contributed by atoms with E-state index in [1.807, 2.05) is 11.8 Å². The van der Waals surface area contributed by atoms with E-state index in [-0.39, 0.29) is 4.75 Å². The first kappa shape index (κ1) is 18.7. The van der Waals surface area contributed by atoms with Gasteiger partial charge in [0.2, 0.25) is 0 Å². The molecule has 0 N–H and O–H groups in total. The Bertz CT molecular complexity index is 282. The van der Waals surface area contributed by atoms with Gasteiger partial charge in [-0.3, -0.25) is 0 Å². The first-order valence-electron chi connectivity index (χ1n) is 7.08. The van der Waals surface area contributed by atoms with Gasteiger partial charge in [0, 0.05) is 23.5 Å². The van der Waals surface area contributed by atoms with Gasteiger partial charge in [0.15, 0.2) is 0 Å². The lowest BCUT2D eigenvalue weighted by atomic mass is 10.0. The number of hydrogen-bond donors (Lipinski definition) is 0. The van der Waals surface area contributed by atoms with Gasteiger partial charge in [-0.25, -0.2) is 0 Å². The summed E-state index contributed by atoms with van der Waals surface area (Å²) in [7, 11) is 1.75. The van der Waals surface area contributed by atoms with Crippen molar-refractivity contribution in [3.8, 4) is 0 Å². The molecule has 112 valence electrons. The van der Waals surface area contributed by atoms with E-state index in [0.717, 1.165) is 25.7 Å². The van der Waals surface area contributed by atoms with Crippen LogP contribution in [0.4, 0.5) is 0 Å². The molecular formula is C16H30O2S. The van der Waals surface area contributed by atoms with Gasteiger partial charge >= 0.3 is 0 Å². The molecule has 0 saturated heterocycles. The summed E-state index contributed by atoms with van der Waals surface area (Å²) in [6, 6.07) is 0. The SMILES string of the molecule is COCC(SC(C)(CC=O)CCC=C(C)C)C(C)C. The Kier molecular flexibility index (Phi) is 9.46. The van der Waals surface area contributed by atoms with E-state index in [4.69, 9.17) is 4.74 Å². The van der Waals surface area contributed by atoms with Crippen LogP contribution in [0.2, 0.25) is 0 Å². The van der Waals surface area contributed by atoms with Gasteiger partial charge in [-0.05, 0) is 39.5 Å². The summed E-state index contributed by atoms with van der Waals surface area (Å²) >= 11 is 1.92. The molecule has 19 heavy (non-hydrogen) atoms. The number of ether oxygens (including phenoxy) is 1. The summed E-state index contributed by atoms with van der Waals surface area (Å²) in [6.45, 7) is 11.6. The maximum atomic E-state index is 11.0. The quantitative estimate of drug-likeness (QED) is 0.437. The number of carbonyl (C=O) groups excluding carboxylic acids is 1. The zero-order valence-corrected chi connectivity index (χ0v) is 14.2. The van der Waals surface area contributed by atoms with Crippen molar-refractivity contribution in [2.45, 2.75) is 63.9 Å². The van der Waals surface area contributed by atoms with Crippen LogP contribution in [0.1, 0.15) is 53.9 Å². The first-order chi connectivity index (χ1) is 8.84. The summed E-state index contributed by atoms with van der Waals surface area (Å²) in [4.78, 5) is 11.0. The third-order valence-corrected chi connectivity index (χ3v) is 5.17. The molecule has 0 spiro atoms. The van der Waals surface area contributed by atoms with Crippen LogP contribution in [0.25, 0.3) is 0 Å². The van der Waals surface area contributed by atoms with Crippen molar-refractivity contribution in [3.05, 3.63) is 11.6 Å². The van der Waals surface area contributed by atoms with Crippen LogP contribution in [0.15, 0.2) is 11.6 Å². The molecule has 2 unspecified atom stereocenters. The smallest absolute Gasteiger partial charge is 0.121 e. The second kappa shape index (κ2) is 9.60. The molecule has 0 amide bonds. The summed E-state index contributed by atoms with van der Waals surface area (Å²) < 4.78 is 5.33. The van der Waals surface area contributed by atoms with E-state index in [1.54, 1.807) is 7.11 Å². The third kappa shape index (κ3) is 8.48. The van der Waals surface area contributed by atoms with Crippen molar-refractivity contribution >= 4 is 18.0 Å². The Morgan fingerprint density at radius 3 is 2.42 bits per heavy atom. The largest absolute Gasteiger partial charge is 0.384 e. The molecule has 0 aliphatic rings. The van der Waals surface area contributed by atoms with E-state index in [9.17, 15) is 4.79 Å². The summed E-state index contributed by atoms with van der Waals surface area (Å²) in [5.74, 6) is 0.555. The van der Waals surface area contributed by atoms with Gasteiger partial charge < -0.3 is 9.53 Å². The van der Waals surface area contributed by atoms with Crippen molar-refractivity contribution in [2.24, 2.45) is 5.92 Å². The maximum Gasteiger partial charge on any atom is 0.121 e. The topological polar surface area (TPSA) is 26.3 Å². The van der Waals surface area contributed by atoms with Crippen LogP contribution in [-0.4, -0.2) is 30.0 Å². The van der Waals surface area contributed by atoms with Crippen LogP contribution in [0.5, 0.6) is 0 Å². The second-order valence-corrected chi connectivity index (χ2v) is 7.82. The van der Waals surface area contributed by atoms with E-state index < -0.39 is 0 Å². The van der Waals surface area contributed by atoms with Crippen molar-refractivity contribution < 1.29 is 9.53 Å². The minimum Gasteiger partial charge on any atom is -0.384 e. The van der Waals surface area contributed by atoms with Crippen LogP contribution in [0.3, 0.4) is 0 Å². The number of thioether (sulfide) groups is 1. The summed E-state index contributed by atoms with van der Waals surface area (Å²) in [5.41, 5.74) is 1.34. The fourth-order valence-electron chi connectivity index (χ4n) is 1.94. The van der Waals surface area contributed by atoms with Gasteiger partial charge in [0.05, 0.1) is 6.61 Å². The Labute approximate surface area is 123 Å². The van der Waals surface area contributed by atoms with Crippen molar-refractivity contribution in [1.82, 2.24) is 0 Å². The Morgan fingerprint density at radius 2 is 2.00 bits per heavy atom. The molecule has 0 fully saturated rings. The van der Waals surface area contributed by atoms with E-state index in [0.29, 0.717) is 17.6 Å². The van der Waals surface area contributed by atoms with E-state index in [2.05, 4.69) is 40.7 Å². The molecule has 0 saturated carbocycles. The predicted octanol–water partition coefficient (Wildman–Crippen LogP) is 4.48. The molecule has 0 bridgehead atoms. The standard InChI is InChI=1S/C16H30O2S/c1-13(2)8-7-9-16(5,10-11-17)19-15(12-18-6)14(3)4/h8,11,14-15H,7,9-10,12H2,1-6H3. The average molecular weight is 286 g/mol. The van der Waals surface area contributed by atoms with Gasteiger partial charge in [-0.15, -0.1) is 11.8 Å². The molecule has 0 aliphatic carbocycles. The van der Waals surface area contributed by atoms with E-state index >= 15 is 0 Å². The van der Waals surface area contributed by atoms with Gasteiger partial charge in [-0.2, -0.15) is 0 Å². The maximum absolute atomic E-state index is 11.0. The third-order valence-electron chi connectivity index (χ3n) is 3.25. The highest BCUT2D eigenvalue weighted by atomic mass is 32.2. The number of allylic oxidation sites excluding steroid dienone is 2. The normalized spacial score (nSPS) is 15.9. The van der Waals surface area contributed by atoms with Crippen LogP contribution in [0, 0.1) is 5.92 Å². The fourth-order valence-corrected chi connectivity index (χ4v) is 3.55. The van der Waals surface area contributed by atoms with Gasteiger partial charge in [0.25, 0.3) is 0 Å². The van der Waals surface area contributed by atoms with E-state index in [1.165, 1.54) is 5.57 Å². The second-order valence-electron chi connectivity index (χ2n) is 6.00. The molecular weight excluding hydrogens is 256 g/mol. The number of rotatable bonds is 10. The number of aldehydes is 1. The average Bonchev–Trinajstić information content (AvgIpc) is 2.28. The highest BCUT2D eigenvalue weighted by Gasteiger charge is 2.29. The highest BCUT2D eigenvalue weighted by Crippen LogP contribution is 2.38. The zero-order valence-electron chi connectivity index (χ0n) is 13.4. The fraction of sp³-hybridized carbons (Fsp3) is 0.812. The molecule has 0 aromatic rings. The number of carbonyl (C=O) groups is 1. The van der Waals surface area contributed by atoms with Crippen LogP contribution < -0.4 is 0 Å². The summed E-state index contributed by atoms with van der Waals surface area (Å²) in [6.07, 6.45) is 6.00. The Hall–Kier alpha value is -0.280.